The number of hydrogen-bond donors (Lipinski definition) is 0. The molecule has 0 saturated carbocycles. The highest BCUT2D eigenvalue weighted by Crippen LogP contribution is 2.21. The molecule has 7 aromatic rings. The second-order valence-electron chi connectivity index (χ2n) is 22.0. The van der Waals surface area contributed by atoms with E-state index in [-0.39, 0.29) is 0 Å². The minimum absolute atomic E-state index is 0.598. The topological polar surface area (TPSA) is 9.23 Å². The molecule has 0 heterocycles. The monoisotopic (exact) mass is 983 g/mol. The molecular formula is C72H102O. The summed E-state index contributed by atoms with van der Waals surface area (Å²) in [7, 11) is 1.68. The number of rotatable bonds is 9. The van der Waals surface area contributed by atoms with Crippen LogP contribution in [0.1, 0.15) is 223 Å². The first kappa shape index (κ1) is 65.4. The summed E-state index contributed by atoms with van der Waals surface area (Å²) in [6, 6.07) is 58.6. The van der Waals surface area contributed by atoms with E-state index in [4.69, 9.17) is 4.74 Å². The van der Waals surface area contributed by atoms with Gasteiger partial charge < -0.3 is 4.74 Å². The van der Waals surface area contributed by atoms with Gasteiger partial charge in [-0.15, -0.1) is 0 Å². The number of aryl methyl sites for hydroxylation is 7. The predicted octanol–water partition coefficient (Wildman–Crippen LogP) is 22.1. The van der Waals surface area contributed by atoms with Gasteiger partial charge in [0, 0.05) is 0 Å². The van der Waals surface area contributed by atoms with Crippen LogP contribution in [-0.2, 0) is 6.42 Å². The highest BCUT2D eigenvalue weighted by Gasteiger charge is 2.03. The number of benzene rings is 7. The lowest BCUT2D eigenvalue weighted by atomic mass is 9.97. The highest BCUT2D eigenvalue weighted by atomic mass is 16.5. The minimum atomic E-state index is 0.598. The summed E-state index contributed by atoms with van der Waals surface area (Å²) in [5.41, 5.74) is 19.5. The van der Waals surface area contributed by atoms with Crippen molar-refractivity contribution in [2.45, 2.75) is 193 Å². The molecule has 0 aromatic heterocycles. The van der Waals surface area contributed by atoms with Crippen LogP contribution in [0.5, 0.6) is 5.75 Å². The van der Waals surface area contributed by atoms with Crippen molar-refractivity contribution in [3.8, 4) is 5.75 Å². The third-order valence-electron chi connectivity index (χ3n) is 12.9. The lowest BCUT2D eigenvalue weighted by molar-refractivity contribution is 0.414. The van der Waals surface area contributed by atoms with Crippen LogP contribution in [0.2, 0.25) is 0 Å². The molecule has 396 valence electrons. The molecule has 1 nitrogen and oxygen atoms in total. The third kappa shape index (κ3) is 27.8. The average molecular weight is 984 g/mol. The van der Waals surface area contributed by atoms with E-state index in [9.17, 15) is 0 Å². The number of methoxy groups -OCH3 is 1. The molecule has 73 heavy (non-hydrogen) atoms. The van der Waals surface area contributed by atoms with Crippen molar-refractivity contribution < 1.29 is 4.74 Å². The van der Waals surface area contributed by atoms with Gasteiger partial charge in [-0.2, -0.15) is 0 Å². The molecule has 0 aliphatic heterocycles. The second kappa shape index (κ2) is 35.5. The van der Waals surface area contributed by atoms with Gasteiger partial charge >= 0.3 is 0 Å². The van der Waals surface area contributed by atoms with Crippen LogP contribution < -0.4 is 4.74 Å². The molecule has 0 fully saturated rings. The van der Waals surface area contributed by atoms with Crippen molar-refractivity contribution in [1.82, 2.24) is 0 Å². The third-order valence-corrected chi connectivity index (χ3v) is 12.9. The van der Waals surface area contributed by atoms with Gasteiger partial charge in [-0.05, 0) is 152 Å². The van der Waals surface area contributed by atoms with Gasteiger partial charge in [0.1, 0.15) is 5.75 Å². The van der Waals surface area contributed by atoms with E-state index < -0.39 is 0 Å². The Morgan fingerprint density at radius 1 is 0.288 bits per heavy atom. The standard InChI is InChI=1S/2C11H16.C10H14O.4C10H14/c1-8(2)11-6-5-9(3)7-10(11)4;1-4-10-5-7-11(8-6-10)9(2)3;1-8(2)9-4-6-10(11-3)7-5-9;4*1-8(2)10-6-4-9(3)5-7-10/h5-8H,1-4H3;5-9H,4H2,1-3H3;4-8H,1-3H3;4*4-8H,1-3H3. The SMILES string of the molecule is CCc1ccc(C(C)C)cc1.COc1ccc(C(C)C)cc1.Cc1ccc(C(C)C)c(C)c1.Cc1ccc(C(C)C)cc1.Cc1ccc(C(C)C)cc1.Cc1ccc(C(C)C)cc1.Cc1ccc(C(C)C)cc1. The summed E-state index contributed by atoms with van der Waals surface area (Å²) >= 11 is 0. The lowest BCUT2D eigenvalue weighted by Gasteiger charge is -2.09. The Morgan fingerprint density at radius 2 is 0.521 bits per heavy atom. The predicted molar refractivity (Wildman–Crippen MR) is 328 cm³/mol. The Bertz CT molecular complexity index is 2190. The number of hydrogen-bond acceptors (Lipinski definition) is 1. The van der Waals surface area contributed by atoms with Gasteiger partial charge in [-0.1, -0.05) is 283 Å². The zero-order chi connectivity index (χ0) is 55.2. The molecule has 1 heteroatoms. The second-order valence-corrected chi connectivity index (χ2v) is 22.0. The maximum atomic E-state index is 5.05. The van der Waals surface area contributed by atoms with Gasteiger partial charge in [0.15, 0.2) is 0 Å². The molecule has 0 N–H and O–H groups in total. The molecule has 0 aliphatic carbocycles. The van der Waals surface area contributed by atoms with Crippen LogP contribution in [0.25, 0.3) is 0 Å². The fourth-order valence-electron chi connectivity index (χ4n) is 7.41. The van der Waals surface area contributed by atoms with Gasteiger partial charge in [-0.25, -0.2) is 0 Å². The molecule has 7 rings (SSSR count). The van der Waals surface area contributed by atoms with Crippen molar-refractivity contribution in [1.29, 1.82) is 0 Å². The fraction of sp³-hybridized carbons (Fsp3) is 0.417. The van der Waals surface area contributed by atoms with Crippen molar-refractivity contribution in [3.05, 3.63) is 242 Å². The molecule has 0 bridgehead atoms. The van der Waals surface area contributed by atoms with E-state index >= 15 is 0 Å². The Hall–Kier alpha value is -5.66. The molecule has 0 saturated heterocycles. The highest BCUT2D eigenvalue weighted by molar-refractivity contribution is 5.33. The van der Waals surface area contributed by atoms with Crippen LogP contribution in [0.3, 0.4) is 0 Å². The molecule has 0 radical (unpaired) electrons. The summed E-state index contributed by atoms with van der Waals surface area (Å²) in [6.45, 7) is 45.9. The van der Waals surface area contributed by atoms with E-state index in [2.05, 4.69) is 297 Å². The van der Waals surface area contributed by atoms with Crippen LogP contribution in [-0.4, -0.2) is 7.11 Å². The summed E-state index contributed by atoms with van der Waals surface area (Å²) in [4.78, 5) is 0. The smallest absolute Gasteiger partial charge is 0.118 e. The van der Waals surface area contributed by atoms with Crippen molar-refractivity contribution in [3.63, 3.8) is 0 Å². The molecule has 0 amide bonds. The zero-order valence-corrected chi connectivity index (χ0v) is 50.2. The van der Waals surface area contributed by atoms with E-state index in [0.29, 0.717) is 41.4 Å². The summed E-state index contributed by atoms with van der Waals surface area (Å²) in [5.74, 6) is 5.44. The van der Waals surface area contributed by atoms with Crippen LogP contribution >= 0.6 is 0 Å². The molecule has 0 atom stereocenters. The van der Waals surface area contributed by atoms with Crippen LogP contribution in [0.15, 0.2) is 164 Å². The summed E-state index contributed by atoms with van der Waals surface area (Å²) in [6.07, 6.45) is 1.14. The van der Waals surface area contributed by atoms with Crippen LogP contribution in [0, 0.1) is 41.5 Å². The van der Waals surface area contributed by atoms with Crippen molar-refractivity contribution in [2.24, 2.45) is 0 Å². The first-order chi connectivity index (χ1) is 34.4. The Kier molecular flexibility index (Phi) is 31.8. The van der Waals surface area contributed by atoms with Crippen LogP contribution in [0.4, 0.5) is 0 Å². The molecule has 7 aromatic carbocycles. The fourth-order valence-corrected chi connectivity index (χ4v) is 7.41. The van der Waals surface area contributed by atoms with Gasteiger partial charge in [0.25, 0.3) is 0 Å². The number of ether oxygens (including phenoxy) is 1. The minimum Gasteiger partial charge on any atom is -0.497 e. The summed E-state index contributed by atoms with van der Waals surface area (Å²) < 4.78 is 5.05. The molecular weight excluding hydrogens is 881 g/mol. The van der Waals surface area contributed by atoms with Crippen molar-refractivity contribution in [2.75, 3.05) is 7.11 Å². The first-order valence-corrected chi connectivity index (χ1v) is 27.4. The maximum Gasteiger partial charge on any atom is 0.118 e. The zero-order valence-electron chi connectivity index (χ0n) is 50.2. The lowest BCUT2D eigenvalue weighted by Crippen LogP contribution is -1.91. The maximum absolute atomic E-state index is 5.05. The van der Waals surface area contributed by atoms with E-state index in [1.165, 1.54) is 77.9 Å². The van der Waals surface area contributed by atoms with E-state index in [1.54, 1.807) is 7.11 Å². The van der Waals surface area contributed by atoms with Gasteiger partial charge in [0.05, 0.1) is 7.11 Å². The average Bonchev–Trinajstić information content (AvgIpc) is 3.35. The van der Waals surface area contributed by atoms with Gasteiger partial charge in [0.2, 0.25) is 0 Å². The molecule has 0 spiro atoms. The largest absolute Gasteiger partial charge is 0.497 e. The van der Waals surface area contributed by atoms with E-state index in [1.807, 2.05) is 12.1 Å². The Morgan fingerprint density at radius 3 is 0.726 bits per heavy atom. The summed E-state index contributed by atoms with van der Waals surface area (Å²) in [5, 5.41) is 0. The van der Waals surface area contributed by atoms with Gasteiger partial charge in [-0.3, -0.25) is 0 Å². The Balaban J connectivity index is 0.000000426. The Labute approximate surface area is 450 Å². The first-order valence-electron chi connectivity index (χ1n) is 27.4. The normalized spacial score (nSPS) is 10.4. The van der Waals surface area contributed by atoms with E-state index in [0.717, 1.165) is 12.2 Å². The molecule has 0 unspecified atom stereocenters. The van der Waals surface area contributed by atoms with Crippen molar-refractivity contribution >= 4 is 0 Å². The molecule has 0 aliphatic rings. The quantitative estimate of drug-likeness (QED) is 0.140.